The molecular formula is C9H14N8O. The highest BCUT2D eigenvalue weighted by Crippen LogP contribution is 2.10. The zero-order valence-electron chi connectivity index (χ0n) is 10.4. The maximum absolute atomic E-state index is 4.98. The van der Waals surface area contributed by atoms with E-state index in [4.69, 9.17) is 4.74 Å². The van der Waals surface area contributed by atoms with Gasteiger partial charge in [0.05, 0.1) is 13.7 Å². The Morgan fingerprint density at radius 1 is 1.28 bits per heavy atom. The van der Waals surface area contributed by atoms with Crippen molar-refractivity contribution >= 4 is 11.9 Å². The van der Waals surface area contributed by atoms with Crippen molar-refractivity contribution in [2.24, 2.45) is 7.05 Å². The molecule has 9 heteroatoms. The van der Waals surface area contributed by atoms with Crippen LogP contribution in [-0.2, 0) is 13.6 Å². The van der Waals surface area contributed by atoms with E-state index >= 15 is 0 Å². The highest BCUT2D eigenvalue weighted by Gasteiger charge is 2.06. The fourth-order valence-corrected chi connectivity index (χ4v) is 1.26. The van der Waals surface area contributed by atoms with Gasteiger partial charge in [0.25, 0.3) is 0 Å². The molecular weight excluding hydrogens is 236 g/mol. The first-order valence-corrected chi connectivity index (χ1v) is 5.27. The first kappa shape index (κ1) is 12.0. The van der Waals surface area contributed by atoms with Gasteiger partial charge < -0.3 is 15.4 Å². The minimum absolute atomic E-state index is 0.242. The second-order valence-electron chi connectivity index (χ2n) is 3.41. The van der Waals surface area contributed by atoms with Crippen LogP contribution in [0.15, 0.2) is 6.33 Å². The maximum Gasteiger partial charge on any atom is 0.322 e. The van der Waals surface area contributed by atoms with E-state index in [0.717, 1.165) is 0 Å². The summed E-state index contributed by atoms with van der Waals surface area (Å²) in [5.74, 6) is 1.49. The van der Waals surface area contributed by atoms with Gasteiger partial charge in [0, 0.05) is 14.1 Å². The van der Waals surface area contributed by atoms with Gasteiger partial charge in [-0.05, 0) is 0 Å². The number of anilines is 2. The van der Waals surface area contributed by atoms with E-state index in [9.17, 15) is 0 Å². The summed E-state index contributed by atoms with van der Waals surface area (Å²) in [6.45, 7) is 0.428. The van der Waals surface area contributed by atoms with Crippen LogP contribution in [0, 0.1) is 0 Å². The van der Waals surface area contributed by atoms with Gasteiger partial charge >= 0.3 is 6.01 Å². The second kappa shape index (κ2) is 5.25. The molecule has 0 amide bonds. The average Bonchev–Trinajstić information content (AvgIpc) is 2.81. The van der Waals surface area contributed by atoms with E-state index in [2.05, 4.69) is 35.7 Å². The Hall–Kier alpha value is -2.45. The Balaban J connectivity index is 2.08. The summed E-state index contributed by atoms with van der Waals surface area (Å²) in [5.41, 5.74) is 0. The predicted octanol–water partition coefficient (Wildman–Crippen LogP) is -0.338. The Morgan fingerprint density at radius 2 is 2.06 bits per heavy atom. The Bertz CT molecular complexity index is 503. The third-order valence-corrected chi connectivity index (χ3v) is 2.07. The molecule has 0 aliphatic rings. The van der Waals surface area contributed by atoms with Gasteiger partial charge in [0.15, 0.2) is 5.82 Å². The van der Waals surface area contributed by atoms with Gasteiger partial charge in [-0.1, -0.05) is 0 Å². The number of ether oxygens (including phenoxy) is 1. The van der Waals surface area contributed by atoms with Gasteiger partial charge in [-0.25, -0.2) is 4.98 Å². The number of nitrogens with zero attached hydrogens (tertiary/aromatic N) is 6. The highest BCUT2D eigenvalue weighted by molar-refractivity contribution is 5.35. The average molecular weight is 250 g/mol. The molecule has 0 unspecified atom stereocenters. The van der Waals surface area contributed by atoms with Crippen LogP contribution in [0.3, 0.4) is 0 Å². The van der Waals surface area contributed by atoms with Gasteiger partial charge in [0.2, 0.25) is 11.9 Å². The van der Waals surface area contributed by atoms with Crippen molar-refractivity contribution in [1.82, 2.24) is 29.7 Å². The molecule has 0 radical (unpaired) electrons. The van der Waals surface area contributed by atoms with Crippen LogP contribution in [-0.4, -0.2) is 43.9 Å². The van der Waals surface area contributed by atoms with Crippen LogP contribution < -0.4 is 15.4 Å². The zero-order valence-corrected chi connectivity index (χ0v) is 10.4. The van der Waals surface area contributed by atoms with Crippen molar-refractivity contribution in [1.29, 1.82) is 0 Å². The standard InChI is InChI=1S/C9H14N8O/c1-10-7-13-8(15-9(14-7)18-3)11-4-6-12-5-17(2)16-6/h5H,4H2,1-3H3,(H2,10,11,13,14,15). The van der Waals surface area contributed by atoms with E-state index in [1.54, 1.807) is 18.1 Å². The monoisotopic (exact) mass is 250 g/mol. The SMILES string of the molecule is CNc1nc(NCc2ncn(C)n2)nc(OC)n1. The Kier molecular flexibility index (Phi) is 3.51. The summed E-state index contributed by atoms with van der Waals surface area (Å²) in [7, 11) is 5.03. The molecule has 2 rings (SSSR count). The van der Waals surface area contributed by atoms with E-state index in [-0.39, 0.29) is 6.01 Å². The Morgan fingerprint density at radius 3 is 2.67 bits per heavy atom. The van der Waals surface area contributed by atoms with Crippen LogP contribution >= 0.6 is 0 Å². The van der Waals surface area contributed by atoms with Crippen molar-refractivity contribution in [3.8, 4) is 6.01 Å². The molecule has 0 bridgehead atoms. The number of rotatable bonds is 5. The van der Waals surface area contributed by atoms with Crippen molar-refractivity contribution < 1.29 is 4.74 Å². The third kappa shape index (κ3) is 2.81. The topological polar surface area (TPSA) is 103 Å². The first-order valence-electron chi connectivity index (χ1n) is 5.27. The first-order chi connectivity index (χ1) is 8.71. The van der Waals surface area contributed by atoms with Gasteiger partial charge in [-0.2, -0.15) is 20.1 Å². The number of hydrogen-bond acceptors (Lipinski definition) is 8. The molecule has 0 atom stereocenters. The smallest absolute Gasteiger partial charge is 0.322 e. The molecule has 2 aromatic heterocycles. The fourth-order valence-electron chi connectivity index (χ4n) is 1.26. The van der Waals surface area contributed by atoms with Crippen LogP contribution in [0.4, 0.5) is 11.9 Å². The molecule has 18 heavy (non-hydrogen) atoms. The third-order valence-electron chi connectivity index (χ3n) is 2.07. The second-order valence-corrected chi connectivity index (χ2v) is 3.41. The molecule has 0 aromatic carbocycles. The van der Waals surface area contributed by atoms with E-state index in [0.29, 0.717) is 24.3 Å². The molecule has 0 saturated heterocycles. The minimum Gasteiger partial charge on any atom is -0.467 e. The molecule has 2 heterocycles. The van der Waals surface area contributed by atoms with Crippen molar-refractivity contribution in [3.05, 3.63) is 12.2 Å². The molecule has 0 aliphatic carbocycles. The molecule has 2 N–H and O–H groups in total. The lowest BCUT2D eigenvalue weighted by molar-refractivity contribution is 0.379. The molecule has 9 nitrogen and oxygen atoms in total. The lowest BCUT2D eigenvalue weighted by Crippen LogP contribution is -2.09. The summed E-state index contributed by atoms with van der Waals surface area (Å²) in [5, 5.41) is 9.97. The highest BCUT2D eigenvalue weighted by atomic mass is 16.5. The van der Waals surface area contributed by atoms with Crippen LogP contribution in [0.2, 0.25) is 0 Å². The summed E-state index contributed by atoms with van der Waals surface area (Å²) >= 11 is 0. The summed E-state index contributed by atoms with van der Waals surface area (Å²) < 4.78 is 6.60. The largest absolute Gasteiger partial charge is 0.467 e. The summed E-state index contributed by atoms with van der Waals surface area (Å²) in [6.07, 6.45) is 1.63. The maximum atomic E-state index is 4.98. The van der Waals surface area contributed by atoms with Crippen molar-refractivity contribution in [2.75, 3.05) is 24.8 Å². The molecule has 0 spiro atoms. The van der Waals surface area contributed by atoms with Gasteiger partial charge in [-0.15, -0.1) is 0 Å². The van der Waals surface area contributed by atoms with E-state index < -0.39 is 0 Å². The number of aromatic nitrogens is 6. The number of hydrogen-bond donors (Lipinski definition) is 2. The van der Waals surface area contributed by atoms with E-state index in [1.165, 1.54) is 7.11 Å². The zero-order chi connectivity index (χ0) is 13.0. The summed E-state index contributed by atoms with van der Waals surface area (Å²) in [6, 6.07) is 0.242. The van der Waals surface area contributed by atoms with Crippen molar-refractivity contribution in [3.63, 3.8) is 0 Å². The molecule has 0 aliphatic heterocycles. The van der Waals surface area contributed by atoms with Crippen LogP contribution in [0.25, 0.3) is 0 Å². The Labute approximate surface area is 104 Å². The van der Waals surface area contributed by atoms with Crippen LogP contribution in [0.1, 0.15) is 5.82 Å². The van der Waals surface area contributed by atoms with E-state index in [1.807, 2.05) is 7.05 Å². The molecule has 96 valence electrons. The predicted molar refractivity (Wildman–Crippen MR) is 64.3 cm³/mol. The van der Waals surface area contributed by atoms with Gasteiger partial charge in [0.1, 0.15) is 6.33 Å². The number of nitrogens with one attached hydrogen (secondary N) is 2. The summed E-state index contributed by atoms with van der Waals surface area (Å²) in [4.78, 5) is 16.3. The van der Waals surface area contributed by atoms with Crippen LogP contribution in [0.5, 0.6) is 6.01 Å². The van der Waals surface area contributed by atoms with Gasteiger partial charge in [-0.3, -0.25) is 4.68 Å². The molecule has 0 saturated carbocycles. The fraction of sp³-hybridized carbons (Fsp3) is 0.444. The quantitative estimate of drug-likeness (QED) is 0.743. The number of aryl methyl sites for hydroxylation is 1. The molecule has 0 fully saturated rings. The lowest BCUT2D eigenvalue weighted by Gasteiger charge is -2.06. The number of methoxy groups -OCH3 is 1. The molecule has 2 aromatic rings. The van der Waals surface area contributed by atoms with Crippen molar-refractivity contribution in [2.45, 2.75) is 6.54 Å². The lowest BCUT2D eigenvalue weighted by atomic mass is 10.6. The minimum atomic E-state index is 0.242. The normalized spacial score (nSPS) is 10.2.